The van der Waals surface area contributed by atoms with Gasteiger partial charge in [-0.3, -0.25) is 9.59 Å². The lowest BCUT2D eigenvalue weighted by atomic mass is 10.00. The van der Waals surface area contributed by atoms with Gasteiger partial charge in [0.2, 0.25) is 5.91 Å². The van der Waals surface area contributed by atoms with E-state index in [4.69, 9.17) is 4.74 Å². The molecule has 2 heterocycles. The van der Waals surface area contributed by atoms with Crippen LogP contribution in [0.2, 0.25) is 0 Å². The van der Waals surface area contributed by atoms with E-state index in [0.29, 0.717) is 13.2 Å². The lowest BCUT2D eigenvalue weighted by molar-refractivity contribution is -0.136. The van der Waals surface area contributed by atoms with Crippen LogP contribution in [0.5, 0.6) is 5.75 Å². The molecule has 3 aromatic rings. The number of halogens is 1. The number of carbonyl (C=O) groups excluding carboxylic acids is 2. The van der Waals surface area contributed by atoms with Crippen molar-refractivity contribution in [2.24, 2.45) is 0 Å². The maximum Gasteiger partial charge on any atom is 0.254 e. The van der Waals surface area contributed by atoms with Gasteiger partial charge >= 0.3 is 0 Å². The molecule has 0 N–H and O–H groups in total. The summed E-state index contributed by atoms with van der Waals surface area (Å²) in [6.45, 7) is 4.53. The van der Waals surface area contributed by atoms with Gasteiger partial charge in [-0.25, -0.2) is 4.39 Å². The Balaban J connectivity index is 1.53. The SMILES string of the molecule is CC(C)N(CC(=O)N1CCc2sccc2[C@H]1COc1ccccc1)C(=O)c1cccc(F)c1. The van der Waals surface area contributed by atoms with E-state index in [0.717, 1.165) is 17.7 Å². The van der Waals surface area contributed by atoms with Gasteiger partial charge in [0.15, 0.2) is 0 Å². The number of hydrogen-bond donors (Lipinski definition) is 0. The van der Waals surface area contributed by atoms with Gasteiger partial charge in [0.05, 0.1) is 6.04 Å². The lowest BCUT2D eigenvalue weighted by Crippen LogP contribution is -2.49. The molecular weight excluding hydrogens is 439 g/mol. The third-order valence-corrected chi connectivity index (χ3v) is 6.82. The maximum atomic E-state index is 13.7. The molecule has 1 aliphatic rings. The highest BCUT2D eigenvalue weighted by Crippen LogP contribution is 2.34. The summed E-state index contributed by atoms with van der Waals surface area (Å²) in [5, 5.41) is 2.04. The van der Waals surface area contributed by atoms with E-state index < -0.39 is 5.82 Å². The molecule has 0 bridgehead atoms. The second-order valence-electron chi connectivity index (χ2n) is 8.31. The number of hydrogen-bond acceptors (Lipinski definition) is 4. The van der Waals surface area contributed by atoms with Gasteiger partial charge in [-0.05, 0) is 67.6 Å². The van der Waals surface area contributed by atoms with E-state index in [1.165, 1.54) is 28.0 Å². The first kappa shape index (κ1) is 23.0. The van der Waals surface area contributed by atoms with E-state index in [9.17, 15) is 14.0 Å². The van der Waals surface area contributed by atoms with E-state index in [-0.39, 0.29) is 36.0 Å². The van der Waals surface area contributed by atoms with Gasteiger partial charge in [-0.15, -0.1) is 11.3 Å². The Labute approximate surface area is 197 Å². The molecule has 2 aromatic carbocycles. The van der Waals surface area contributed by atoms with Crippen LogP contribution >= 0.6 is 11.3 Å². The van der Waals surface area contributed by atoms with Crippen LogP contribution in [-0.2, 0) is 11.2 Å². The summed E-state index contributed by atoms with van der Waals surface area (Å²) >= 11 is 1.69. The van der Waals surface area contributed by atoms with Crippen LogP contribution in [0.15, 0.2) is 66.0 Å². The van der Waals surface area contributed by atoms with Crippen molar-refractivity contribution in [2.75, 3.05) is 19.7 Å². The highest BCUT2D eigenvalue weighted by atomic mass is 32.1. The number of fused-ring (bicyclic) bond motifs is 1. The molecule has 1 aliphatic heterocycles. The van der Waals surface area contributed by atoms with Crippen molar-refractivity contribution in [2.45, 2.75) is 32.4 Å². The van der Waals surface area contributed by atoms with E-state index in [2.05, 4.69) is 6.07 Å². The lowest BCUT2D eigenvalue weighted by Gasteiger charge is -2.37. The van der Waals surface area contributed by atoms with Gasteiger partial charge in [-0.1, -0.05) is 24.3 Å². The van der Waals surface area contributed by atoms with Crippen LogP contribution in [0, 0.1) is 5.82 Å². The molecule has 0 unspecified atom stereocenters. The highest BCUT2D eigenvalue weighted by Gasteiger charge is 2.34. The molecule has 0 saturated heterocycles. The number of para-hydroxylation sites is 1. The normalized spacial score (nSPS) is 15.3. The number of ether oxygens (including phenoxy) is 1. The van der Waals surface area contributed by atoms with Crippen LogP contribution < -0.4 is 4.74 Å². The topological polar surface area (TPSA) is 49.9 Å². The van der Waals surface area contributed by atoms with Crippen LogP contribution in [-0.4, -0.2) is 47.4 Å². The molecule has 1 aromatic heterocycles. The van der Waals surface area contributed by atoms with Crippen molar-refractivity contribution in [3.63, 3.8) is 0 Å². The number of carbonyl (C=O) groups is 2. The summed E-state index contributed by atoms with van der Waals surface area (Å²) in [6, 6.07) is 16.7. The van der Waals surface area contributed by atoms with Crippen LogP contribution in [0.3, 0.4) is 0 Å². The van der Waals surface area contributed by atoms with Crippen molar-refractivity contribution < 1.29 is 18.7 Å². The van der Waals surface area contributed by atoms with Crippen molar-refractivity contribution >= 4 is 23.2 Å². The smallest absolute Gasteiger partial charge is 0.254 e. The fourth-order valence-electron chi connectivity index (χ4n) is 4.08. The summed E-state index contributed by atoms with van der Waals surface area (Å²) < 4.78 is 19.7. The minimum absolute atomic E-state index is 0.0751. The average Bonchev–Trinajstić information content (AvgIpc) is 3.30. The van der Waals surface area contributed by atoms with Crippen LogP contribution in [0.25, 0.3) is 0 Å². The zero-order chi connectivity index (χ0) is 23.4. The van der Waals surface area contributed by atoms with E-state index >= 15 is 0 Å². The number of thiophene rings is 1. The second-order valence-corrected chi connectivity index (χ2v) is 9.31. The molecule has 2 amide bonds. The van der Waals surface area contributed by atoms with Gasteiger partial charge in [0.1, 0.15) is 24.7 Å². The fraction of sp³-hybridized carbons (Fsp3) is 0.308. The van der Waals surface area contributed by atoms with Gasteiger partial charge in [0, 0.05) is 23.0 Å². The molecule has 0 radical (unpaired) electrons. The van der Waals surface area contributed by atoms with Crippen molar-refractivity contribution in [1.82, 2.24) is 9.80 Å². The summed E-state index contributed by atoms with van der Waals surface area (Å²) in [4.78, 5) is 31.1. The first-order valence-electron chi connectivity index (χ1n) is 11.0. The molecule has 1 atom stereocenters. The summed E-state index contributed by atoms with van der Waals surface area (Å²) in [5.74, 6) is -0.234. The largest absolute Gasteiger partial charge is 0.491 e. The number of benzene rings is 2. The monoisotopic (exact) mass is 466 g/mol. The molecule has 172 valence electrons. The predicted molar refractivity (Wildman–Crippen MR) is 127 cm³/mol. The first-order valence-corrected chi connectivity index (χ1v) is 11.9. The zero-order valence-electron chi connectivity index (χ0n) is 18.7. The third kappa shape index (κ3) is 5.25. The van der Waals surface area contributed by atoms with Gasteiger partial charge in [-0.2, -0.15) is 0 Å². The van der Waals surface area contributed by atoms with E-state index in [1.807, 2.05) is 54.5 Å². The number of nitrogens with zero attached hydrogens (tertiary/aromatic N) is 2. The molecule has 0 aliphatic carbocycles. The number of amides is 2. The average molecular weight is 467 g/mol. The van der Waals surface area contributed by atoms with Crippen molar-refractivity contribution in [1.29, 1.82) is 0 Å². The molecule has 5 nitrogen and oxygen atoms in total. The Morgan fingerprint density at radius 2 is 1.94 bits per heavy atom. The molecule has 7 heteroatoms. The standard InChI is InChI=1S/C26H27FN2O3S/c1-18(2)29(26(31)19-7-6-8-20(27)15-19)16-25(30)28-13-11-24-22(12-14-33-24)23(28)17-32-21-9-4-3-5-10-21/h3-10,12,14-15,18,23H,11,13,16-17H2,1-2H3/t23-/m1/s1. The summed E-state index contributed by atoms with van der Waals surface area (Å²) in [7, 11) is 0. The predicted octanol–water partition coefficient (Wildman–Crippen LogP) is 4.94. The zero-order valence-corrected chi connectivity index (χ0v) is 19.6. The Morgan fingerprint density at radius 1 is 1.15 bits per heavy atom. The van der Waals surface area contributed by atoms with Gasteiger partial charge < -0.3 is 14.5 Å². The molecule has 0 fully saturated rings. The fourth-order valence-corrected chi connectivity index (χ4v) is 5.01. The summed E-state index contributed by atoms with van der Waals surface area (Å²) in [5.41, 5.74) is 1.34. The van der Waals surface area contributed by atoms with Crippen LogP contribution in [0.1, 0.15) is 40.7 Å². The third-order valence-electron chi connectivity index (χ3n) is 5.83. The Bertz CT molecular complexity index is 1120. The van der Waals surface area contributed by atoms with Crippen molar-refractivity contribution in [3.05, 3.63) is 87.9 Å². The molecule has 33 heavy (non-hydrogen) atoms. The molecule has 0 saturated carbocycles. The maximum absolute atomic E-state index is 13.7. The number of rotatable bonds is 7. The minimum Gasteiger partial charge on any atom is -0.491 e. The second kappa shape index (κ2) is 10.2. The quantitative estimate of drug-likeness (QED) is 0.495. The first-order chi connectivity index (χ1) is 15.9. The molecule has 4 rings (SSSR count). The molecule has 0 spiro atoms. The molecular formula is C26H27FN2O3S. The Hall–Kier alpha value is -3.19. The Morgan fingerprint density at radius 3 is 2.67 bits per heavy atom. The van der Waals surface area contributed by atoms with E-state index in [1.54, 1.807) is 17.4 Å². The minimum atomic E-state index is -0.477. The van der Waals surface area contributed by atoms with Gasteiger partial charge in [0.25, 0.3) is 5.91 Å². The summed E-state index contributed by atoms with van der Waals surface area (Å²) in [6.07, 6.45) is 0.778. The van der Waals surface area contributed by atoms with Crippen LogP contribution in [0.4, 0.5) is 4.39 Å². The highest BCUT2D eigenvalue weighted by molar-refractivity contribution is 7.10. The Kier molecular flexibility index (Phi) is 7.08. The van der Waals surface area contributed by atoms with Crippen molar-refractivity contribution in [3.8, 4) is 5.75 Å².